The number of aromatic nitrogens is 2. The summed E-state index contributed by atoms with van der Waals surface area (Å²) in [6, 6.07) is 7.01. The number of nitrogens with one attached hydrogen (secondary N) is 1. The van der Waals surface area contributed by atoms with Crippen LogP contribution in [0.3, 0.4) is 0 Å². The average molecular weight is 550 g/mol. The van der Waals surface area contributed by atoms with Gasteiger partial charge in [0.2, 0.25) is 0 Å². The van der Waals surface area contributed by atoms with Gasteiger partial charge in [0.15, 0.2) is 0 Å². The van der Waals surface area contributed by atoms with Crippen molar-refractivity contribution >= 4 is 60.5 Å². The van der Waals surface area contributed by atoms with Crippen LogP contribution in [0.4, 0.5) is 0 Å². The number of fused-ring (bicyclic) bond motifs is 1. The minimum atomic E-state index is -0.631. The SMILES string of the molecule is COc1ccnc2[nH]cc(C(=O)C(=O)N3CCN(C(=O)c4cc(Br)cc(Br)c4)CC3)c12. The summed E-state index contributed by atoms with van der Waals surface area (Å²) in [5.74, 6) is -0.886. The van der Waals surface area contributed by atoms with Crippen molar-refractivity contribution in [2.75, 3.05) is 33.3 Å². The van der Waals surface area contributed by atoms with Gasteiger partial charge in [-0.15, -0.1) is 0 Å². The fourth-order valence-corrected chi connectivity index (χ4v) is 4.90. The van der Waals surface area contributed by atoms with Crippen molar-refractivity contribution in [3.05, 3.63) is 56.7 Å². The number of hydrogen-bond acceptors (Lipinski definition) is 5. The van der Waals surface area contributed by atoms with Crippen molar-refractivity contribution in [3.63, 3.8) is 0 Å². The van der Waals surface area contributed by atoms with Crippen molar-refractivity contribution in [2.45, 2.75) is 0 Å². The second-order valence-electron chi connectivity index (χ2n) is 7.01. The fraction of sp³-hybridized carbons (Fsp3) is 0.238. The second-order valence-corrected chi connectivity index (χ2v) is 8.84. The molecule has 0 unspecified atom stereocenters. The lowest BCUT2D eigenvalue weighted by atomic mass is 10.1. The number of H-pyrrole nitrogens is 1. The topological polar surface area (TPSA) is 95.6 Å². The molecule has 0 spiro atoms. The molecule has 1 N–H and O–H groups in total. The number of carbonyl (C=O) groups is 3. The third-order valence-electron chi connectivity index (χ3n) is 5.16. The highest BCUT2D eigenvalue weighted by molar-refractivity contribution is 9.11. The van der Waals surface area contributed by atoms with Gasteiger partial charge >= 0.3 is 0 Å². The van der Waals surface area contributed by atoms with Gasteiger partial charge in [0, 0.05) is 53.1 Å². The van der Waals surface area contributed by atoms with Crippen LogP contribution in [0.25, 0.3) is 11.0 Å². The van der Waals surface area contributed by atoms with E-state index in [9.17, 15) is 14.4 Å². The first kappa shape index (κ1) is 21.5. The van der Waals surface area contributed by atoms with Gasteiger partial charge in [0.1, 0.15) is 11.4 Å². The summed E-state index contributed by atoms with van der Waals surface area (Å²) in [6.45, 7) is 1.26. The molecular formula is C21H18Br2N4O4. The van der Waals surface area contributed by atoms with Gasteiger partial charge < -0.3 is 19.5 Å². The number of Topliss-reactive ketones (excluding diaryl/α,β-unsaturated/α-hetero) is 1. The Bertz CT molecular complexity index is 1170. The lowest BCUT2D eigenvalue weighted by Gasteiger charge is -2.34. The highest BCUT2D eigenvalue weighted by Crippen LogP contribution is 2.28. The summed E-state index contributed by atoms with van der Waals surface area (Å²) < 4.78 is 6.91. The minimum absolute atomic E-state index is 0.118. The van der Waals surface area contributed by atoms with Gasteiger partial charge in [-0.1, -0.05) is 31.9 Å². The van der Waals surface area contributed by atoms with Crippen LogP contribution in [0.15, 0.2) is 45.6 Å². The van der Waals surface area contributed by atoms with Crippen LogP contribution in [0.1, 0.15) is 20.7 Å². The maximum Gasteiger partial charge on any atom is 0.295 e. The van der Waals surface area contributed by atoms with Crippen molar-refractivity contribution in [1.29, 1.82) is 0 Å². The van der Waals surface area contributed by atoms with E-state index in [4.69, 9.17) is 4.74 Å². The van der Waals surface area contributed by atoms with E-state index < -0.39 is 11.7 Å². The molecule has 0 saturated carbocycles. The number of ketones is 1. The number of aromatic amines is 1. The molecule has 1 fully saturated rings. The second kappa shape index (κ2) is 8.80. The van der Waals surface area contributed by atoms with Crippen molar-refractivity contribution in [2.24, 2.45) is 0 Å². The third kappa shape index (κ3) is 4.22. The van der Waals surface area contributed by atoms with Gasteiger partial charge in [-0.05, 0) is 24.3 Å². The third-order valence-corrected chi connectivity index (χ3v) is 6.07. The van der Waals surface area contributed by atoms with Crippen LogP contribution >= 0.6 is 31.9 Å². The largest absolute Gasteiger partial charge is 0.496 e. The molecule has 8 nitrogen and oxygen atoms in total. The highest BCUT2D eigenvalue weighted by atomic mass is 79.9. The highest BCUT2D eigenvalue weighted by Gasteiger charge is 2.31. The van der Waals surface area contributed by atoms with E-state index in [0.717, 1.165) is 8.95 Å². The summed E-state index contributed by atoms with van der Waals surface area (Å²) >= 11 is 6.78. The lowest BCUT2D eigenvalue weighted by molar-refractivity contribution is -0.127. The van der Waals surface area contributed by atoms with E-state index in [1.807, 2.05) is 6.07 Å². The Morgan fingerprint density at radius 2 is 1.68 bits per heavy atom. The van der Waals surface area contributed by atoms with E-state index >= 15 is 0 Å². The number of rotatable bonds is 4. The van der Waals surface area contributed by atoms with Crippen LogP contribution in [0, 0.1) is 0 Å². The normalized spacial score (nSPS) is 14.0. The molecule has 0 aliphatic carbocycles. The number of amides is 2. The molecule has 3 heterocycles. The maximum absolute atomic E-state index is 12.9. The van der Waals surface area contributed by atoms with Crippen LogP contribution < -0.4 is 4.74 Å². The average Bonchev–Trinajstić information content (AvgIpc) is 3.21. The quantitative estimate of drug-likeness (QED) is 0.398. The summed E-state index contributed by atoms with van der Waals surface area (Å²) in [4.78, 5) is 48.8. The maximum atomic E-state index is 12.9. The predicted molar refractivity (Wildman–Crippen MR) is 121 cm³/mol. The number of benzene rings is 1. The molecule has 3 aromatic rings. The molecule has 2 amide bonds. The first-order valence-electron chi connectivity index (χ1n) is 9.48. The van der Waals surface area contributed by atoms with E-state index in [1.54, 1.807) is 29.3 Å². The summed E-state index contributed by atoms with van der Waals surface area (Å²) in [6.07, 6.45) is 3.04. The number of piperazine rings is 1. The molecule has 1 saturated heterocycles. The molecular weight excluding hydrogens is 532 g/mol. The Morgan fingerprint density at radius 3 is 2.32 bits per heavy atom. The molecule has 160 valence electrons. The van der Waals surface area contributed by atoms with Crippen molar-refractivity contribution in [3.8, 4) is 5.75 Å². The molecule has 1 aliphatic heterocycles. The molecule has 0 radical (unpaired) electrons. The first-order valence-corrected chi connectivity index (χ1v) is 11.1. The predicted octanol–water partition coefficient (Wildman–Crippen LogP) is 3.26. The summed E-state index contributed by atoms with van der Waals surface area (Å²) in [5, 5.41) is 0.484. The Balaban J connectivity index is 1.46. The van der Waals surface area contributed by atoms with Crippen LogP contribution in [-0.2, 0) is 4.79 Å². The van der Waals surface area contributed by atoms with Crippen molar-refractivity contribution in [1.82, 2.24) is 19.8 Å². The van der Waals surface area contributed by atoms with Gasteiger partial charge in [0.25, 0.3) is 17.6 Å². The summed E-state index contributed by atoms with van der Waals surface area (Å²) in [5.41, 5.74) is 1.25. The zero-order chi connectivity index (χ0) is 22.1. The molecule has 0 bridgehead atoms. The Hall–Kier alpha value is -2.72. The Morgan fingerprint density at radius 1 is 1.03 bits per heavy atom. The van der Waals surface area contributed by atoms with Gasteiger partial charge in [-0.2, -0.15) is 0 Å². The number of hydrogen-bond donors (Lipinski definition) is 1. The van der Waals surface area contributed by atoms with Gasteiger partial charge in [-0.25, -0.2) is 4.98 Å². The van der Waals surface area contributed by atoms with Crippen molar-refractivity contribution < 1.29 is 19.1 Å². The van der Waals surface area contributed by atoms with Crippen LogP contribution in [0.5, 0.6) is 5.75 Å². The van der Waals surface area contributed by atoms with Gasteiger partial charge in [-0.3, -0.25) is 14.4 Å². The zero-order valence-corrected chi connectivity index (χ0v) is 19.7. The fourth-order valence-electron chi connectivity index (χ4n) is 3.61. The Labute approximate surface area is 194 Å². The molecule has 1 aromatic carbocycles. The number of methoxy groups -OCH3 is 1. The molecule has 31 heavy (non-hydrogen) atoms. The van der Waals surface area contributed by atoms with E-state index in [-0.39, 0.29) is 24.6 Å². The first-order chi connectivity index (χ1) is 14.9. The number of ether oxygens (including phenoxy) is 1. The molecule has 4 rings (SSSR count). The number of nitrogens with zero attached hydrogens (tertiary/aromatic N) is 3. The molecule has 0 atom stereocenters. The van der Waals surface area contributed by atoms with Crippen LogP contribution in [-0.4, -0.2) is 70.7 Å². The molecule has 2 aromatic heterocycles. The number of carbonyl (C=O) groups excluding carboxylic acids is 3. The zero-order valence-electron chi connectivity index (χ0n) is 16.5. The smallest absolute Gasteiger partial charge is 0.295 e. The van der Waals surface area contributed by atoms with E-state index in [2.05, 4.69) is 41.8 Å². The van der Waals surface area contributed by atoms with E-state index in [0.29, 0.717) is 35.4 Å². The number of pyridine rings is 1. The standard InChI is InChI=1S/C21H18Br2N4O4/c1-31-16-2-3-24-19-17(16)15(11-25-19)18(28)21(30)27-6-4-26(5-7-27)20(29)12-8-13(22)10-14(23)9-12/h2-3,8-11H,4-7H2,1H3,(H,24,25). The monoisotopic (exact) mass is 548 g/mol. The van der Waals surface area contributed by atoms with E-state index in [1.165, 1.54) is 18.2 Å². The van der Waals surface area contributed by atoms with Crippen LogP contribution in [0.2, 0.25) is 0 Å². The Kier molecular flexibility index (Phi) is 6.10. The molecule has 10 heteroatoms. The summed E-state index contributed by atoms with van der Waals surface area (Å²) in [7, 11) is 1.50. The van der Waals surface area contributed by atoms with Gasteiger partial charge in [0.05, 0.1) is 18.1 Å². The lowest BCUT2D eigenvalue weighted by Crippen LogP contribution is -2.52. The molecule has 1 aliphatic rings. The number of halogens is 2. The minimum Gasteiger partial charge on any atom is -0.496 e.